The highest BCUT2D eigenvalue weighted by molar-refractivity contribution is 7.99. The molecule has 152 valence electrons. The van der Waals surface area contributed by atoms with Gasteiger partial charge in [0.25, 0.3) is 0 Å². The van der Waals surface area contributed by atoms with E-state index in [0.29, 0.717) is 32.3 Å². The molecular weight excluding hydrogens is 448 g/mol. The second-order valence-corrected chi connectivity index (χ2v) is 7.57. The van der Waals surface area contributed by atoms with Gasteiger partial charge in [-0.25, -0.2) is 0 Å². The molecule has 0 aliphatic heterocycles. The lowest BCUT2D eigenvalue weighted by molar-refractivity contribution is -0.136. The Bertz CT molecular complexity index is 1010. The van der Waals surface area contributed by atoms with Crippen molar-refractivity contribution in [3.8, 4) is 17.1 Å². The summed E-state index contributed by atoms with van der Waals surface area (Å²) in [5.41, 5.74) is 1.28. The quantitative estimate of drug-likeness (QED) is 0.525. The Balaban J connectivity index is 1.90. The van der Waals surface area contributed by atoms with Crippen molar-refractivity contribution in [2.75, 3.05) is 12.3 Å². The molecule has 1 aromatic heterocycles. The minimum absolute atomic E-state index is 0.255. The maximum atomic E-state index is 12.3. The van der Waals surface area contributed by atoms with Gasteiger partial charge in [-0.2, -0.15) is 13.2 Å². The summed E-state index contributed by atoms with van der Waals surface area (Å²) in [6, 6.07) is 14.0. The van der Waals surface area contributed by atoms with Crippen LogP contribution in [0.3, 0.4) is 0 Å². The van der Waals surface area contributed by atoms with Crippen molar-refractivity contribution in [2.24, 2.45) is 0 Å². The van der Waals surface area contributed by atoms with E-state index in [0.717, 1.165) is 11.8 Å². The van der Waals surface area contributed by atoms with Crippen LogP contribution >= 0.6 is 35.0 Å². The van der Waals surface area contributed by atoms with Gasteiger partial charge in [0.15, 0.2) is 11.0 Å². The average Bonchev–Trinajstić information content (AvgIpc) is 3.08. The number of rotatable bonds is 6. The van der Waals surface area contributed by atoms with Gasteiger partial charge in [0, 0.05) is 16.3 Å². The molecule has 1 amide bonds. The van der Waals surface area contributed by atoms with Gasteiger partial charge in [0.05, 0.1) is 10.8 Å². The molecule has 0 aliphatic carbocycles. The first-order valence-corrected chi connectivity index (χ1v) is 9.91. The third-order valence-corrected chi connectivity index (χ3v) is 5.11. The van der Waals surface area contributed by atoms with Gasteiger partial charge >= 0.3 is 6.18 Å². The Morgan fingerprint density at radius 2 is 1.83 bits per heavy atom. The van der Waals surface area contributed by atoms with Gasteiger partial charge in [-0.15, -0.1) is 10.2 Å². The number of carbonyl (C=O) groups excluding carboxylic acids is 1. The fourth-order valence-electron chi connectivity index (χ4n) is 2.40. The van der Waals surface area contributed by atoms with E-state index in [1.807, 2.05) is 35.6 Å². The molecular formula is C18H13Cl2F3N4OS. The first kappa shape index (κ1) is 21.5. The molecule has 0 saturated carbocycles. The standard InChI is InChI=1S/C18H13Cl2F3N4OS/c19-11-6-7-13(14(20)8-11)16-25-26-17(27(16)12-4-2-1-3-5-12)29-9-15(28)24-10-18(21,22)23/h1-8H,9-10H2,(H,24,28). The van der Waals surface area contributed by atoms with Crippen molar-refractivity contribution in [3.63, 3.8) is 0 Å². The normalized spacial score (nSPS) is 11.5. The minimum Gasteiger partial charge on any atom is -0.346 e. The molecule has 0 radical (unpaired) electrons. The molecule has 0 fully saturated rings. The zero-order valence-electron chi connectivity index (χ0n) is 14.6. The predicted molar refractivity (Wildman–Crippen MR) is 107 cm³/mol. The third kappa shape index (κ3) is 5.65. The summed E-state index contributed by atoms with van der Waals surface area (Å²) >= 11 is 13.2. The van der Waals surface area contributed by atoms with E-state index >= 15 is 0 Å². The molecule has 3 rings (SSSR count). The SMILES string of the molecule is O=C(CSc1nnc(-c2ccc(Cl)cc2Cl)n1-c1ccccc1)NCC(F)(F)F. The van der Waals surface area contributed by atoms with Crippen LogP contribution in [0.25, 0.3) is 17.1 Å². The maximum Gasteiger partial charge on any atom is 0.405 e. The first-order valence-electron chi connectivity index (χ1n) is 8.17. The van der Waals surface area contributed by atoms with Crippen LogP contribution in [-0.4, -0.2) is 39.1 Å². The van der Waals surface area contributed by atoms with Gasteiger partial charge in [-0.3, -0.25) is 9.36 Å². The molecule has 1 N–H and O–H groups in total. The highest BCUT2D eigenvalue weighted by Crippen LogP contribution is 2.33. The van der Waals surface area contributed by atoms with Gasteiger partial charge in [0.2, 0.25) is 5.91 Å². The number of alkyl halides is 3. The van der Waals surface area contributed by atoms with Crippen molar-refractivity contribution in [2.45, 2.75) is 11.3 Å². The lowest BCUT2D eigenvalue weighted by Crippen LogP contribution is -2.34. The number of carbonyl (C=O) groups is 1. The lowest BCUT2D eigenvalue weighted by Gasteiger charge is -2.11. The van der Waals surface area contributed by atoms with E-state index in [9.17, 15) is 18.0 Å². The zero-order chi connectivity index (χ0) is 21.0. The summed E-state index contributed by atoms with van der Waals surface area (Å²) in [5, 5.41) is 11.2. The minimum atomic E-state index is -4.47. The zero-order valence-corrected chi connectivity index (χ0v) is 16.9. The van der Waals surface area contributed by atoms with Crippen LogP contribution in [0.5, 0.6) is 0 Å². The molecule has 0 unspecified atom stereocenters. The Morgan fingerprint density at radius 1 is 1.10 bits per heavy atom. The average molecular weight is 461 g/mol. The monoisotopic (exact) mass is 460 g/mol. The highest BCUT2D eigenvalue weighted by Gasteiger charge is 2.28. The van der Waals surface area contributed by atoms with Gasteiger partial charge in [0.1, 0.15) is 6.54 Å². The van der Waals surface area contributed by atoms with E-state index in [1.54, 1.807) is 22.8 Å². The number of aromatic nitrogens is 3. The predicted octanol–water partition coefficient (Wildman–Crippen LogP) is 5.01. The second-order valence-electron chi connectivity index (χ2n) is 5.78. The van der Waals surface area contributed by atoms with Crippen LogP contribution < -0.4 is 5.32 Å². The fraction of sp³-hybridized carbons (Fsp3) is 0.167. The van der Waals surface area contributed by atoms with Crippen LogP contribution in [0.15, 0.2) is 53.7 Å². The Kier molecular flexibility index (Phi) is 6.71. The molecule has 3 aromatic rings. The summed E-state index contributed by atoms with van der Waals surface area (Å²) in [4.78, 5) is 11.8. The molecule has 0 atom stereocenters. The number of thioether (sulfide) groups is 1. The van der Waals surface area contributed by atoms with Gasteiger partial charge in [-0.1, -0.05) is 53.2 Å². The first-order chi connectivity index (χ1) is 13.7. The number of hydrogen-bond donors (Lipinski definition) is 1. The number of nitrogens with one attached hydrogen (secondary N) is 1. The number of para-hydroxylation sites is 1. The Labute approximate surface area is 178 Å². The van der Waals surface area contributed by atoms with Crippen LogP contribution in [0.4, 0.5) is 13.2 Å². The highest BCUT2D eigenvalue weighted by atomic mass is 35.5. The smallest absolute Gasteiger partial charge is 0.346 e. The van der Waals surface area contributed by atoms with Crippen molar-refractivity contribution in [1.29, 1.82) is 0 Å². The Morgan fingerprint density at radius 3 is 2.48 bits per heavy atom. The second kappa shape index (κ2) is 9.06. The summed E-state index contributed by atoms with van der Waals surface area (Å²) in [6.07, 6.45) is -4.47. The van der Waals surface area contributed by atoms with Crippen molar-refractivity contribution < 1.29 is 18.0 Å². The van der Waals surface area contributed by atoms with E-state index in [1.165, 1.54) is 0 Å². The molecule has 29 heavy (non-hydrogen) atoms. The topological polar surface area (TPSA) is 59.8 Å². The lowest BCUT2D eigenvalue weighted by atomic mass is 10.2. The van der Waals surface area contributed by atoms with Crippen LogP contribution in [-0.2, 0) is 4.79 Å². The molecule has 0 aliphatic rings. The molecule has 0 spiro atoms. The summed E-state index contributed by atoms with van der Waals surface area (Å²) < 4.78 is 38.4. The molecule has 1 heterocycles. The van der Waals surface area contributed by atoms with E-state index in [-0.39, 0.29) is 5.75 Å². The molecule has 5 nitrogen and oxygen atoms in total. The number of benzene rings is 2. The van der Waals surface area contributed by atoms with Crippen LogP contribution in [0.1, 0.15) is 0 Å². The van der Waals surface area contributed by atoms with Crippen LogP contribution in [0.2, 0.25) is 10.0 Å². The fourth-order valence-corrected chi connectivity index (χ4v) is 3.67. The Hall–Kier alpha value is -2.23. The largest absolute Gasteiger partial charge is 0.405 e. The third-order valence-electron chi connectivity index (χ3n) is 3.64. The molecule has 2 aromatic carbocycles. The van der Waals surface area contributed by atoms with Crippen LogP contribution in [0, 0.1) is 0 Å². The van der Waals surface area contributed by atoms with E-state index in [4.69, 9.17) is 23.2 Å². The number of amides is 1. The molecule has 11 heteroatoms. The summed E-state index contributed by atoms with van der Waals surface area (Å²) in [7, 11) is 0. The van der Waals surface area contributed by atoms with Crippen molar-refractivity contribution in [3.05, 3.63) is 58.6 Å². The molecule has 0 saturated heterocycles. The number of hydrogen-bond acceptors (Lipinski definition) is 4. The summed E-state index contributed by atoms with van der Waals surface area (Å²) in [6.45, 7) is -1.39. The van der Waals surface area contributed by atoms with Crippen molar-refractivity contribution in [1.82, 2.24) is 20.1 Å². The van der Waals surface area contributed by atoms with Crippen molar-refractivity contribution >= 4 is 40.9 Å². The number of halogens is 5. The van der Waals surface area contributed by atoms with E-state index < -0.39 is 18.6 Å². The number of nitrogens with zero attached hydrogens (tertiary/aromatic N) is 3. The van der Waals surface area contributed by atoms with Gasteiger partial charge < -0.3 is 5.32 Å². The van der Waals surface area contributed by atoms with Gasteiger partial charge in [-0.05, 0) is 30.3 Å². The maximum absolute atomic E-state index is 12.3. The van der Waals surface area contributed by atoms with E-state index in [2.05, 4.69) is 10.2 Å². The summed E-state index contributed by atoms with van der Waals surface area (Å²) in [5.74, 6) is -0.604. The molecule has 0 bridgehead atoms.